The number of hydrogen-bond donors (Lipinski definition) is 2. The fraction of sp³-hybridized carbons (Fsp3) is 0.250. The Kier molecular flexibility index (Phi) is 4.73. The van der Waals surface area contributed by atoms with Crippen LogP contribution in [0.4, 0.5) is 13.2 Å². The van der Waals surface area contributed by atoms with Gasteiger partial charge in [0.25, 0.3) is 6.43 Å². The van der Waals surface area contributed by atoms with Gasteiger partial charge in [0, 0.05) is 5.56 Å². The smallest absolute Gasteiger partial charge is 0.257 e. The molecule has 0 aliphatic heterocycles. The summed E-state index contributed by atoms with van der Waals surface area (Å²) in [7, 11) is 0. The topological polar surface area (TPSA) is 46.2 Å². The van der Waals surface area contributed by atoms with E-state index in [0.717, 1.165) is 12.1 Å². The van der Waals surface area contributed by atoms with E-state index in [2.05, 4.69) is 0 Å². The molecule has 3 N–H and O–H groups in total. The molecule has 6 heteroatoms. The van der Waals surface area contributed by atoms with Gasteiger partial charge in [-0.05, 0) is 6.07 Å². The molecule has 0 amide bonds. The standard InChI is InChI=1S/C8H8F3NO.ClH/c9-5-3-1-2-4(7(5)13)6(12)8(10)11;/h1-3,6,8,13H,12H2;1H/t6-;/m0./s1. The number of phenolic OH excluding ortho intramolecular Hbond substituents is 1. The van der Waals surface area contributed by atoms with Crippen molar-refractivity contribution in [3.05, 3.63) is 29.6 Å². The van der Waals surface area contributed by atoms with E-state index in [-0.39, 0.29) is 18.0 Å². The maximum atomic E-state index is 12.7. The Bertz CT molecular complexity index is 309. The maximum absolute atomic E-state index is 12.7. The summed E-state index contributed by atoms with van der Waals surface area (Å²) in [4.78, 5) is 0. The van der Waals surface area contributed by atoms with Gasteiger partial charge in [0.05, 0.1) is 6.04 Å². The Labute approximate surface area is 84.9 Å². The first-order chi connectivity index (χ1) is 6.04. The van der Waals surface area contributed by atoms with Gasteiger partial charge in [0.1, 0.15) is 0 Å². The Hall–Kier alpha value is -0.940. The molecule has 1 rings (SSSR count). The molecule has 0 spiro atoms. The van der Waals surface area contributed by atoms with E-state index >= 15 is 0 Å². The van der Waals surface area contributed by atoms with Crippen LogP contribution in [0.2, 0.25) is 0 Å². The summed E-state index contributed by atoms with van der Waals surface area (Å²) in [6.45, 7) is 0. The number of phenols is 1. The van der Waals surface area contributed by atoms with Crippen LogP contribution in [0.1, 0.15) is 11.6 Å². The summed E-state index contributed by atoms with van der Waals surface area (Å²) in [6, 6.07) is 1.69. The maximum Gasteiger partial charge on any atom is 0.257 e. The summed E-state index contributed by atoms with van der Waals surface area (Å²) in [6.07, 6.45) is -2.83. The third-order valence-electron chi connectivity index (χ3n) is 1.65. The van der Waals surface area contributed by atoms with Crippen molar-refractivity contribution in [2.75, 3.05) is 0 Å². The molecule has 0 aliphatic rings. The lowest BCUT2D eigenvalue weighted by molar-refractivity contribution is 0.115. The van der Waals surface area contributed by atoms with Crippen LogP contribution < -0.4 is 5.73 Å². The fourth-order valence-corrected chi connectivity index (χ4v) is 0.937. The Morgan fingerprint density at radius 2 is 1.86 bits per heavy atom. The van der Waals surface area contributed by atoms with Gasteiger partial charge >= 0.3 is 0 Å². The number of rotatable bonds is 2. The number of aromatic hydroxyl groups is 1. The second-order valence-electron chi connectivity index (χ2n) is 2.54. The predicted octanol–water partition coefficient (Wildman–Crippen LogP) is 2.22. The lowest BCUT2D eigenvalue weighted by Gasteiger charge is -2.12. The van der Waals surface area contributed by atoms with Crippen LogP contribution in [0.25, 0.3) is 0 Å². The summed E-state index contributed by atoms with van der Waals surface area (Å²) >= 11 is 0. The third kappa shape index (κ3) is 2.52. The van der Waals surface area contributed by atoms with Crippen LogP contribution in [0.3, 0.4) is 0 Å². The van der Waals surface area contributed by atoms with E-state index in [9.17, 15) is 13.2 Å². The minimum absolute atomic E-state index is 0. The largest absolute Gasteiger partial charge is 0.505 e. The molecule has 0 aliphatic carbocycles. The Morgan fingerprint density at radius 3 is 2.36 bits per heavy atom. The van der Waals surface area contributed by atoms with E-state index in [1.807, 2.05) is 0 Å². The lowest BCUT2D eigenvalue weighted by Crippen LogP contribution is -2.19. The first-order valence-corrected chi connectivity index (χ1v) is 3.55. The second kappa shape index (κ2) is 5.07. The molecule has 14 heavy (non-hydrogen) atoms. The molecule has 0 heterocycles. The zero-order valence-electron chi connectivity index (χ0n) is 6.95. The van der Waals surface area contributed by atoms with Crippen LogP contribution in [0.15, 0.2) is 18.2 Å². The number of para-hydroxylation sites is 1. The minimum atomic E-state index is -2.83. The van der Waals surface area contributed by atoms with Crippen molar-refractivity contribution in [3.63, 3.8) is 0 Å². The van der Waals surface area contributed by atoms with Crippen molar-refractivity contribution in [1.82, 2.24) is 0 Å². The molecule has 2 nitrogen and oxygen atoms in total. The van der Waals surface area contributed by atoms with Crippen LogP contribution in [-0.2, 0) is 0 Å². The molecule has 0 saturated carbocycles. The summed E-state index contributed by atoms with van der Waals surface area (Å²) < 4.78 is 36.8. The normalized spacial score (nSPS) is 12.4. The highest BCUT2D eigenvalue weighted by Crippen LogP contribution is 2.28. The minimum Gasteiger partial charge on any atom is -0.505 e. The number of alkyl halides is 2. The molecular formula is C8H9ClF3NO. The van der Waals surface area contributed by atoms with Gasteiger partial charge in [-0.2, -0.15) is 0 Å². The van der Waals surface area contributed by atoms with E-state index in [0.29, 0.717) is 0 Å². The zero-order valence-corrected chi connectivity index (χ0v) is 7.77. The zero-order chi connectivity index (χ0) is 10.0. The number of nitrogens with two attached hydrogens (primary N) is 1. The van der Waals surface area contributed by atoms with Crippen LogP contribution in [-0.4, -0.2) is 11.5 Å². The van der Waals surface area contributed by atoms with Gasteiger partial charge < -0.3 is 10.8 Å². The molecule has 0 aromatic heterocycles. The van der Waals surface area contributed by atoms with Gasteiger partial charge in [-0.15, -0.1) is 12.4 Å². The molecule has 80 valence electrons. The third-order valence-corrected chi connectivity index (χ3v) is 1.65. The van der Waals surface area contributed by atoms with Crippen molar-refractivity contribution >= 4 is 12.4 Å². The quantitative estimate of drug-likeness (QED) is 0.814. The van der Waals surface area contributed by atoms with E-state index in [1.54, 1.807) is 0 Å². The molecule has 0 bridgehead atoms. The van der Waals surface area contributed by atoms with E-state index < -0.39 is 24.0 Å². The highest BCUT2D eigenvalue weighted by molar-refractivity contribution is 5.85. The van der Waals surface area contributed by atoms with Crippen molar-refractivity contribution in [2.45, 2.75) is 12.5 Å². The summed E-state index contributed by atoms with van der Waals surface area (Å²) in [5.41, 5.74) is 4.75. The first kappa shape index (κ1) is 13.1. The van der Waals surface area contributed by atoms with Gasteiger partial charge in [-0.3, -0.25) is 0 Å². The molecule has 0 unspecified atom stereocenters. The first-order valence-electron chi connectivity index (χ1n) is 3.55. The van der Waals surface area contributed by atoms with Crippen LogP contribution in [0, 0.1) is 5.82 Å². The summed E-state index contributed by atoms with van der Waals surface area (Å²) in [5.74, 6) is -1.76. The number of benzene rings is 1. The average Bonchev–Trinajstić information content (AvgIpc) is 2.08. The molecule has 0 saturated heterocycles. The fourth-order valence-electron chi connectivity index (χ4n) is 0.937. The van der Waals surface area contributed by atoms with Crippen molar-refractivity contribution in [3.8, 4) is 5.75 Å². The summed E-state index contributed by atoms with van der Waals surface area (Å²) in [5, 5.41) is 9.03. The van der Waals surface area contributed by atoms with Gasteiger partial charge in [-0.25, -0.2) is 13.2 Å². The molecule has 0 fully saturated rings. The lowest BCUT2D eigenvalue weighted by atomic mass is 10.1. The van der Waals surface area contributed by atoms with E-state index in [1.165, 1.54) is 6.07 Å². The predicted molar refractivity (Wildman–Crippen MR) is 48.2 cm³/mol. The van der Waals surface area contributed by atoms with Crippen LogP contribution >= 0.6 is 12.4 Å². The molecule has 1 aromatic rings. The molecule has 0 radical (unpaired) electrons. The second-order valence-corrected chi connectivity index (χ2v) is 2.54. The monoisotopic (exact) mass is 227 g/mol. The van der Waals surface area contributed by atoms with Crippen LogP contribution in [0.5, 0.6) is 5.75 Å². The highest BCUT2D eigenvalue weighted by Gasteiger charge is 2.21. The van der Waals surface area contributed by atoms with Crippen molar-refractivity contribution in [1.29, 1.82) is 0 Å². The number of halogens is 4. The van der Waals surface area contributed by atoms with Gasteiger partial charge in [0.2, 0.25) is 0 Å². The van der Waals surface area contributed by atoms with Crippen molar-refractivity contribution < 1.29 is 18.3 Å². The van der Waals surface area contributed by atoms with Gasteiger partial charge in [-0.1, -0.05) is 12.1 Å². The number of hydrogen-bond acceptors (Lipinski definition) is 2. The van der Waals surface area contributed by atoms with E-state index in [4.69, 9.17) is 10.8 Å². The van der Waals surface area contributed by atoms with Gasteiger partial charge in [0.15, 0.2) is 11.6 Å². The Morgan fingerprint density at radius 1 is 1.29 bits per heavy atom. The Balaban J connectivity index is 0.00000169. The molecular weight excluding hydrogens is 219 g/mol. The molecule has 1 atom stereocenters. The highest BCUT2D eigenvalue weighted by atomic mass is 35.5. The average molecular weight is 228 g/mol. The van der Waals surface area contributed by atoms with Crippen molar-refractivity contribution in [2.24, 2.45) is 5.73 Å². The molecule has 1 aromatic carbocycles. The SMILES string of the molecule is Cl.N[C@@H](c1cccc(F)c1O)C(F)F.